The summed E-state index contributed by atoms with van der Waals surface area (Å²) in [5, 5.41) is -0.304. The molecule has 1 aliphatic heterocycles. The van der Waals surface area contributed by atoms with Gasteiger partial charge in [0, 0.05) is 25.9 Å². The van der Waals surface area contributed by atoms with Crippen LogP contribution in [0.2, 0.25) is 5.02 Å². The SMILES string of the molecule is COCC1=CCN(S(=O)(=O)c2cc(N)cc(Cl)c2F)CC1. The first kappa shape index (κ1) is 16.2. The van der Waals surface area contributed by atoms with Gasteiger partial charge >= 0.3 is 0 Å². The van der Waals surface area contributed by atoms with Gasteiger partial charge in [-0.15, -0.1) is 0 Å². The van der Waals surface area contributed by atoms with Crippen LogP contribution in [0.5, 0.6) is 0 Å². The van der Waals surface area contributed by atoms with Crippen molar-refractivity contribution in [3.8, 4) is 0 Å². The number of ether oxygens (including phenoxy) is 1. The second-order valence-electron chi connectivity index (χ2n) is 4.72. The third-order valence-electron chi connectivity index (χ3n) is 3.23. The van der Waals surface area contributed by atoms with E-state index in [0.29, 0.717) is 13.0 Å². The Kier molecular flexibility index (Phi) is 4.88. The Balaban J connectivity index is 2.32. The number of halogens is 2. The molecule has 5 nitrogen and oxygen atoms in total. The maximum atomic E-state index is 14.0. The Bertz CT molecular complexity index is 676. The summed E-state index contributed by atoms with van der Waals surface area (Å²) < 4.78 is 45.2. The zero-order valence-corrected chi connectivity index (χ0v) is 13.0. The van der Waals surface area contributed by atoms with Crippen molar-refractivity contribution in [3.63, 3.8) is 0 Å². The monoisotopic (exact) mass is 334 g/mol. The Morgan fingerprint density at radius 3 is 2.76 bits per heavy atom. The number of anilines is 1. The molecule has 0 bridgehead atoms. The molecule has 0 aliphatic carbocycles. The largest absolute Gasteiger partial charge is 0.399 e. The van der Waals surface area contributed by atoms with Crippen LogP contribution >= 0.6 is 11.6 Å². The standard InChI is InChI=1S/C13H16ClFN2O3S/c1-20-8-9-2-4-17(5-3-9)21(18,19)12-7-10(16)6-11(14)13(12)15/h2,6-7H,3-5,8,16H2,1H3. The van der Waals surface area contributed by atoms with Crippen molar-refractivity contribution in [2.24, 2.45) is 0 Å². The molecule has 1 aromatic carbocycles. The molecule has 1 aromatic rings. The van der Waals surface area contributed by atoms with E-state index in [1.54, 1.807) is 13.2 Å². The molecule has 8 heteroatoms. The molecule has 0 atom stereocenters. The van der Waals surface area contributed by atoms with Crippen molar-refractivity contribution in [3.05, 3.63) is 34.6 Å². The second-order valence-corrected chi connectivity index (χ2v) is 7.04. The van der Waals surface area contributed by atoms with Crippen LogP contribution in [-0.4, -0.2) is 39.5 Å². The highest BCUT2D eigenvalue weighted by Gasteiger charge is 2.30. The molecular weight excluding hydrogens is 319 g/mol. The number of rotatable bonds is 4. The highest BCUT2D eigenvalue weighted by molar-refractivity contribution is 7.89. The van der Waals surface area contributed by atoms with E-state index >= 15 is 0 Å². The van der Waals surface area contributed by atoms with Gasteiger partial charge in [-0.3, -0.25) is 0 Å². The molecule has 0 spiro atoms. The fourth-order valence-electron chi connectivity index (χ4n) is 2.14. The van der Waals surface area contributed by atoms with Crippen LogP contribution in [0.4, 0.5) is 10.1 Å². The van der Waals surface area contributed by atoms with Gasteiger partial charge < -0.3 is 10.5 Å². The number of sulfonamides is 1. The first-order valence-corrected chi connectivity index (χ1v) is 8.09. The number of nitrogens with zero attached hydrogens (tertiary/aromatic N) is 1. The van der Waals surface area contributed by atoms with Crippen molar-refractivity contribution < 1.29 is 17.5 Å². The zero-order valence-electron chi connectivity index (χ0n) is 11.5. The molecular formula is C13H16ClFN2O3S. The molecule has 116 valence electrons. The van der Waals surface area contributed by atoms with E-state index in [0.717, 1.165) is 11.6 Å². The number of methoxy groups -OCH3 is 1. The average Bonchev–Trinajstić information content (AvgIpc) is 2.43. The van der Waals surface area contributed by atoms with Crippen LogP contribution < -0.4 is 5.73 Å². The molecule has 0 saturated carbocycles. The minimum absolute atomic E-state index is 0.104. The van der Waals surface area contributed by atoms with Crippen molar-refractivity contribution in [1.29, 1.82) is 0 Å². The number of hydrogen-bond acceptors (Lipinski definition) is 4. The Hall–Kier alpha value is -1.15. The smallest absolute Gasteiger partial charge is 0.246 e. The van der Waals surface area contributed by atoms with Crippen molar-refractivity contribution >= 4 is 27.3 Å². The van der Waals surface area contributed by atoms with Gasteiger partial charge in [0.2, 0.25) is 10.0 Å². The van der Waals surface area contributed by atoms with Crippen LogP contribution in [0, 0.1) is 5.82 Å². The van der Waals surface area contributed by atoms with Crippen molar-refractivity contribution in [2.75, 3.05) is 32.5 Å². The van der Waals surface area contributed by atoms with E-state index in [2.05, 4.69) is 0 Å². The van der Waals surface area contributed by atoms with E-state index < -0.39 is 20.7 Å². The quantitative estimate of drug-likeness (QED) is 0.675. The summed E-state index contributed by atoms with van der Waals surface area (Å²) in [7, 11) is -2.39. The van der Waals surface area contributed by atoms with Gasteiger partial charge in [-0.25, -0.2) is 12.8 Å². The number of hydrogen-bond donors (Lipinski definition) is 1. The molecule has 0 fully saturated rings. The van der Waals surface area contributed by atoms with Crippen molar-refractivity contribution in [1.82, 2.24) is 4.31 Å². The van der Waals surface area contributed by atoms with Crippen molar-refractivity contribution in [2.45, 2.75) is 11.3 Å². The van der Waals surface area contributed by atoms with E-state index in [-0.39, 0.29) is 23.8 Å². The van der Waals surface area contributed by atoms with E-state index in [1.807, 2.05) is 0 Å². The molecule has 0 unspecified atom stereocenters. The summed E-state index contributed by atoms with van der Waals surface area (Å²) in [5.74, 6) is -0.975. The third-order valence-corrected chi connectivity index (χ3v) is 5.37. The summed E-state index contributed by atoms with van der Waals surface area (Å²) in [4.78, 5) is -0.490. The molecule has 2 N–H and O–H groups in total. The van der Waals surface area contributed by atoms with Gasteiger partial charge in [0.05, 0.1) is 11.6 Å². The summed E-state index contributed by atoms with van der Waals surface area (Å²) in [5.41, 5.74) is 6.68. The molecule has 0 aromatic heterocycles. The number of nitrogens with two attached hydrogens (primary N) is 1. The molecule has 0 radical (unpaired) electrons. The maximum Gasteiger partial charge on any atom is 0.246 e. The minimum atomic E-state index is -3.97. The fraction of sp³-hybridized carbons (Fsp3) is 0.385. The first-order chi connectivity index (χ1) is 9.86. The lowest BCUT2D eigenvalue weighted by atomic mass is 10.1. The van der Waals surface area contributed by atoms with Gasteiger partial charge in [0.15, 0.2) is 5.82 Å². The third kappa shape index (κ3) is 3.37. The summed E-state index contributed by atoms with van der Waals surface area (Å²) in [6, 6.07) is 2.27. The molecule has 21 heavy (non-hydrogen) atoms. The number of nitrogen functional groups attached to an aromatic ring is 1. The van der Waals surface area contributed by atoms with Gasteiger partial charge in [-0.05, 0) is 24.1 Å². The lowest BCUT2D eigenvalue weighted by Gasteiger charge is -2.26. The lowest BCUT2D eigenvalue weighted by Crippen LogP contribution is -2.35. The van der Waals surface area contributed by atoms with Gasteiger partial charge in [-0.2, -0.15) is 4.31 Å². The van der Waals surface area contributed by atoms with Crippen LogP contribution in [0.1, 0.15) is 6.42 Å². The van der Waals surface area contributed by atoms with Crippen LogP contribution in [0.25, 0.3) is 0 Å². The van der Waals surface area contributed by atoms with E-state index in [4.69, 9.17) is 22.1 Å². The lowest BCUT2D eigenvalue weighted by molar-refractivity contribution is 0.219. The minimum Gasteiger partial charge on any atom is -0.399 e. The van der Waals surface area contributed by atoms with E-state index in [1.165, 1.54) is 10.4 Å². The number of benzene rings is 1. The predicted molar refractivity (Wildman–Crippen MR) is 79.2 cm³/mol. The fourth-order valence-corrected chi connectivity index (χ4v) is 3.92. The molecule has 2 rings (SSSR count). The van der Waals surface area contributed by atoms with Gasteiger partial charge in [0.25, 0.3) is 0 Å². The van der Waals surface area contributed by atoms with Gasteiger partial charge in [-0.1, -0.05) is 17.7 Å². The van der Waals surface area contributed by atoms with Crippen LogP contribution in [0.3, 0.4) is 0 Å². The molecule has 1 aliphatic rings. The maximum absolute atomic E-state index is 14.0. The predicted octanol–water partition coefficient (Wildman–Crippen LogP) is 2.03. The molecule has 1 heterocycles. The highest BCUT2D eigenvalue weighted by Crippen LogP contribution is 2.29. The first-order valence-electron chi connectivity index (χ1n) is 6.27. The molecule has 0 amide bonds. The second kappa shape index (κ2) is 6.31. The summed E-state index contributed by atoms with van der Waals surface area (Å²) >= 11 is 5.66. The normalized spacial score (nSPS) is 16.8. The van der Waals surface area contributed by atoms with Gasteiger partial charge in [0.1, 0.15) is 4.90 Å². The summed E-state index contributed by atoms with van der Waals surface area (Å²) in [6.45, 7) is 0.905. The van der Waals surface area contributed by atoms with Crippen LogP contribution in [0.15, 0.2) is 28.7 Å². The topological polar surface area (TPSA) is 72.6 Å². The Morgan fingerprint density at radius 1 is 1.48 bits per heavy atom. The van der Waals surface area contributed by atoms with Crippen LogP contribution in [-0.2, 0) is 14.8 Å². The Morgan fingerprint density at radius 2 is 2.19 bits per heavy atom. The Labute approximate surface area is 128 Å². The van der Waals surface area contributed by atoms with E-state index in [9.17, 15) is 12.8 Å². The summed E-state index contributed by atoms with van der Waals surface area (Å²) in [6.07, 6.45) is 2.32. The average molecular weight is 335 g/mol. The highest BCUT2D eigenvalue weighted by atomic mass is 35.5. The zero-order chi connectivity index (χ0) is 15.6. The molecule has 0 saturated heterocycles.